The van der Waals surface area contributed by atoms with E-state index in [1.807, 2.05) is 0 Å². The van der Waals surface area contributed by atoms with E-state index in [9.17, 15) is 51.1 Å². The van der Waals surface area contributed by atoms with Gasteiger partial charge in [-0.15, -0.1) is 0 Å². The molecule has 2 aliphatic heterocycles. The van der Waals surface area contributed by atoms with Crippen LogP contribution in [0.3, 0.4) is 0 Å². The summed E-state index contributed by atoms with van der Waals surface area (Å²) < 4.78 is 16.9. The maximum atomic E-state index is 11.1. The van der Waals surface area contributed by atoms with Crippen LogP contribution in [-0.2, 0) is 20.8 Å². The van der Waals surface area contributed by atoms with Gasteiger partial charge in [-0.05, 0) is 47.0 Å². The quantitative estimate of drug-likeness (QED) is 0.167. The molecule has 10 N–H and O–H groups in total. The third-order valence-corrected chi connectivity index (χ3v) is 7.67. The molecule has 2 heterocycles. The highest BCUT2D eigenvalue weighted by atomic mass is 16.7. The summed E-state index contributed by atoms with van der Waals surface area (Å²) >= 11 is 0. The molecule has 40 heavy (non-hydrogen) atoms. The molecule has 13 heteroatoms. The van der Waals surface area contributed by atoms with E-state index >= 15 is 0 Å². The zero-order valence-corrected chi connectivity index (χ0v) is 21.3. The van der Waals surface area contributed by atoms with Gasteiger partial charge in [0.2, 0.25) is 0 Å². The van der Waals surface area contributed by atoms with Crippen LogP contribution < -0.4 is 0 Å². The lowest BCUT2D eigenvalue weighted by Crippen LogP contribution is -2.57. The number of aliphatic hydroxyl groups excluding tert-OH is 7. The van der Waals surface area contributed by atoms with Gasteiger partial charge in [-0.1, -0.05) is 12.1 Å². The summed E-state index contributed by atoms with van der Waals surface area (Å²) in [6, 6.07) is 7.05. The van der Waals surface area contributed by atoms with E-state index in [1.54, 1.807) is 0 Å². The monoisotopic (exact) mass is 564 g/mol. The first-order chi connectivity index (χ1) is 19.0. The Morgan fingerprint density at radius 3 is 2.12 bits per heavy atom. The fourth-order valence-corrected chi connectivity index (χ4v) is 5.49. The lowest BCUT2D eigenvalue weighted by molar-refractivity contribution is -0.296. The number of fused-ring (bicyclic) bond motifs is 2. The Balaban J connectivity index is 1.64. The second-order valence-electron chi connectivity index (χ2n) is 10.2. The van der Waals surface area contributed by atoms with E-state index in [0.717, 1.165) is 0 Å². The fraction of sp³-hybridized carbons (Fsp3) is 0.481. The summed E-state index contributed by atoms with van der Waals surface area (Å²) in [6.07, 6.45) is -14.3. The molecular weight excluding hydrogens is 532 g/mol. The van der Waals surface area contributed by atoms with Crippen LogP contribution in [0.2, 0.25) is 0 Å². The molecule has 218 valence electrons. The van der Waals surface area contributed by atoms with E-state index in [2.05, 4.69) is 0 Å². The molecule has 10 atom stereocenters. The fourth-order valence-electron chi connectivity index (χ4n) is 5.49. The Morgan fingerprint density at radius 1 is 0.750 bits per heavy atom. The molecule has 2 saturated heterocycles. The zero-order valence-electron chi connectivity index (χ0n) is 21.3. The first kappa shape index (κ1) is 28.7. The van der Waals surface area contributed by atoms with Crippen molar-refractivity contribution in [3.8, 4) is 17.2 Å². The number of aliphatic hydroxyl groups is 7. The molecule has 0 spiro atoms. The van der Waals surface area contributed by atoms with Gasteiger partial charge in [0.05, 0.1) is 30.1 Å². The van der Waals surface area contributed by atoms with Crippen LogP contribution in [-0.4, -0.2) is 113 Å². The van der Waals surface area contributed by atoms with Crippen LogP contribution in [0, 0.1) is 0 Å². The van der Waals surface area contributed by atoms with Crippen molar-refractivity contribution in [2.45, 2.75) is 74.8 Å². The Bertz CT molecular complexity index is 1390. The summed E-state index contributed by atoms with van der Waals surface area (Å²) in [5, 5.41) is 104. The van der Waals surface area contributed by atoms with Crippen LogP contribution in [0.25, 0.3) is 21.5 Å². The Labute approximate surface area is 227 Å². The molecule has 2 aliphatic rings. The van der Waals surface area contributed by atoms with Gasteiger partial charge >= 0.3 is 0 Å². The van der Waals surface area contributed by atoms with Gasteiger partial charge in [0.25, 0.3) is 0 Å². The van der Waals surface area contributed by atoms with E-state index in [0.29, 0.717) is 5.56 Å². The summed E-state index contributed by atoms with van der Waals surface area (Å²) in [6.45, 7) is 0.523. The minimum Gasteiger partial charge on any atom is -0.507 e. The van der Waals surface area contributed by atoms with Crippen LogP contribution in [0.15, 0.2) is 30.3 Å². The average molecular weight is 565 g/mol. The topological polar surface area (TPSA) is 230 Å². The molecule has 3 aromatic carbocycles. The van der Waals surface area contributed by atoms with Gasteiger partial charge in [-0.2, -0.15) is 0 Å². The first-order valence-electron chi connectivity index (χ1n) is 12.7. The van der Waals surface area contributed by atoms with Gasteiger partial charge in [0.1, 0.15) is 66.1 Å². The SMILES string of the molecule is CC1O[C@@H](OCc2cc(O)c3c(O)c4c(O)cccc4c([C@@H]4OC(CO)[C@@H](O)[C@H](O)C4O)c3c2)C(O)[C@@H](O)[C@H]1O. The predicted octanol–water partition coefficient (Wildman–Crippen LogP) is -1.03. The maximum absolute atomic E-state index is 11.1. The van der Waals surface area contributed by atoms with Crippen molar-refractivity contribution in [3.63, 3.8) is 0 Å². The van der Waals surface area contributed by atoms with E-state index in [-0.39, 0.29) is 39.5 Å². The van der Waals surface area contributed by atoms with Gasteiger partial charge in [0, 0.05) is 0 Å². The highest BCUT2D eigenvalue weighted by molar-refractivity contribution is 6.12. The number of ether oxygens (including phenoxy) is 3. The van der Waals surface area contributed by atoms with Crippen molar-refractivity contribution in [2.24, 2.45) is 0 Å². The Hall–Kier alpha value is -2.82. The van der Waals surface area contributed by atoms with Gasteiger partial charge in [-0.3, -0.25) is 0 Å². The van der Waals surface area contributed by atoms with Crippen LogP contribution >= 0.6 is 0 Å². The number of phenols is 3. The second kappa shape index (κ2) is 10.9. The highest BCUT2D eigenvalue weighted by Gasteiger charge is 2.46. The first-order valence-corrected chi connectivity index (χ1v) is 12.7. The van der Waals surface area contributed by atoms with Crippen molar-refractivity contribution in [1.82, 2.24) is 0 Å². The van der Waals surface area contributed by atoms with E-state index in [4.69, 9.17) is 14.2 Å². The van der Waals surface area contributed by atoms with Crippen molar-refractivity contribution in [3.05, 3.63) is 41.5 Å². The molecule has 0 bridgehead atoms. The number of phenolic OH excluding ortho intramolecular Hbond substituents is 3. The zero-order chi connectivity index (χ0) is 29.0. The molecule has 3 aromatic rings. The molecule has 13 nitrogen and oxygen atoms in total. The van der Waals surface area contributed by atoms with Crippen LogP contribution in [0.4, 0.5) is 0 Å². The second-order valence-corrected chi connectivity index (χ2v) is 10.2. The Kier molecular flexibility index (Phi) is 7.80. The third-order valence-electron chi connectivity index (χ3n) is 7.67. The standard InChI is InChI=1S/C27H32O13/c1-9-19(31)22(34)25(37)27(39-9)38-8-10-5-12-16(26-24(36)23(35)20(32)15(7-28)40-26)11-3-2-4-13(29)17(11)21(33)18(12)14(30)6-10/h2-6,9,15,19-20,22-37H,7-8H2,1H3/t9?,15?,19-,20+,22-,23-,24?,25?,26-,27+/m0/s1. The van der Waals surface area contributed by atoms with E-state index in [1.165, 1.54) is 37.3 Å². The average Bonchev–Trinajstić information content (AvgIpc) is 2.92. The smallest absolute Gasteiger partial charge is 0.186 e. The van der Waals surface area contributed by atoms with Gasteiger partial charge in [0.15, 0.2) is 6.29 Å². The van der Waals surface area contributed by atoms with Crippen LogP contribution in [0.5, 0.6) is 17.2 Å². The normalized spacial score (nSPS) is 34.9. The number of benzene rings is 3. The lowest BCUT2D eigenvalue weighted by Gasteiger charge is -2.41. The molecule has 0 amide bonds. The number of hydrogen-bond acceptors (Lipinski definition) is 13. The van der Waals surface area contributed by atoms with Gasteiger partial charge < -0.3 is 65.3 Å². The molecule has 4 unspecified atom stereocenters. The number of hydrogen-bond donors (Lipinski definition) is 10. The Morgan fingerprint density at radius 2 is 1.43 bits per heavy atom. The summed E-state index contributed by atoms with van der Waals surface area (Å²) in [5.41, 5.74) is 0.424. The van der Waals surface area contributed by atoms with Crippen molar-refractivity contribution >= 4 is 21.5 Å². The molecular formula is C27H32O13. The van der Waals surface area contributed by atoms with E-state index < -0.39 is 79.3 Å². The molecule has 0 saturated carbocycles. The van der Waals surface area contributed by atoms with Crippen LogP contribution in [0.1, 0.15) is 24.2 Å². The predicted molar refractivity (Wildman–Crippen MR) is 136 cm³/mol. The maximum Gasteiger partial charge on any atom is 0.186 e. The number of rotatable bonds is 5. The third kappa shape index (κ3) is 4.63. The summed E-state index contributed by atoms with van der Waals surface area (Å²) in [4.78, 5) is 0. The molecule has 2 fully saturated rings. The summed E-state index contributed by atoms with van der Waals surface area (Å²) in [5.74, 6) is -1.26. The van der Waals surface area contributed by atoms with Crippen molar-refractivity contribution in [2.75, 3.05) is 6.61 Å². The van der Waals surface area contributed by atoms with Crippen molar-refractivity contribution in [1.29, 1.82) is 0 Å². The molecule has 0 radical (unpaired) electrons. The largest absolute Gasteiger partial charge is 0.507 e. The minimum atomic E-state index is -1.72. The highest BCUT2D eigenvalue weighted by Crippen LogP contribution is 2.49. The minimum absolute atomic E-state index is 0.0680. The number of aromatic hydroxyl groups is 3. The molecule has 0 aromatic heterocycles. The molecule has 5 rings (SSSR count). The van der Waals surface area contributed by atoms with Gasteiger partial charge in [-0.25, -0.2) is 0 Å². The van der Waals surface area contributed by atoms with Crippen molar-refractivity contribution < 1.29 is 65.3 Å². The molecule has 0 aliphatic carbocycles. The lowest BCUT2D eigenvalue weighted by atomic mass is 9.85. The summed E-state index contributed by atoms with van der Waals surface area (Å²) in [7, 11) is 0.